The fraction of sp³-hybridized carbons (Fsp3) is 0.643. The third-order valence-corrected chi connectivity index (χ3v) is 3.94. The van der Waals surface area contributed by atoms with Gasteiger partial charge in [-0.05, 0) is 29.9 Å². The van der Waals surface area contributed by atoms with Gasteiger partial charge in [-0.3, -0.25) is 0 Å². The first-order chi connectivity index (χ1) is 7.93. The van der Waals surface area contributed by atoms with Crippen molar-refractivity contribution in [2.75, 3.05) is 11.9 Å². The summed E-state index contributed by atoms with van der Waals surface area (Å²) >= 11 is 3.63. The summed E-state index contributed by atoms with van der Waals surface area (Å²) in [5, 5.41) is 3.35. The van der Waals surface area contributed by atoms with Gasteiger partial charge in [-0.25, -0.2) is 4.98 Å². The van der Waals surface area contributed by atoms with Gasteiger partial charge in [0.15, 0.2) is 0 Å². The Morgan fingerprint density at radius 1 is 1.35 bits per heavy atom. The Balaban J connectivity index is 2.46. The molecule has 1 unspecified atom stereocenters. The molecule has 0 aliphatic heterocycles. The van der Waals surface area contributed by atoms with Crippen LogP contribution in [0.4, 0.5) is 5.82 Å². The Morgan fingerprint density at radius 3 is 2.53 bits per heavy atom. The molecule has 2 nitrogen and oxygen atoms in total. The molecule has 0 bridgehead atoms. The third kappa shape index (κ3) is 5.07. The maximum absolute atomic E-state index is 4.44. The molecule has 0 aromatic carbocycles. The van der Waals surface area contributed by atoms with Crippen molar-refractivity contribution in [2.45, 2.75) is 50.8 Å². The van der Waals surface area contributed by atoms with E-state index >= 15 is 0 Å². The average molecular weight is 299 g/mol. The Bertz CT molecular complexity index is 327. The first kappa shape index (κ1) is 14.5. The molecule has 0 radical (unpaired) electrons. The van der Waals surface area contributed by atoms with Crippen molar-refractivity contribution >= 4 is 21.7 Å². The van der Waals surface area contributed by atoms with Crippen molar-refractivity contribution in [1.29, 1.82) is 0 Å². The summed E-state index contributed by atoms with van der Waals surface area (Å²) in [7, 11) is 0. The normalized spacial score (nSPS) is 13.5. The lowest BCUT2D eigenvalue weighted by molar-refractivity contribution is 0.587. The van der Waals surface area contributed by atoms with E-state index in [2.05, 4.69) is 66.1 Å². The third-order valence-electron chi connectivity index (χ3n) is 2.84. The summed E-state index contributed by atoms with van der Waals surface area (Å²) in [4.78, 5) is 5.04. The van der Waals surface area contributed by atoms with Crippen molar-refractivity contribution in [2.24, 2.45) is 0 Å². The number of rotatable bonds is 5. The number of hydrogen-bond acceptors (Lipinski definition) is 2. The second-order valence-corrected chi connectivity index (χ2v) is 6.70. The van der Waals surface area contributed by atoms with Crippen LogP contribution in [0.1, 0.15) is 46.1 Å². The van der Waals surface area contributed by atoms with Crippen LogP contribution in [0.25, 0.3) is 0 Å². The maximum Gasteiger partial charge on any atom is 0.125 e. The number of halogens is 1. The van der Waals surface area contributed by atoms with Crippen molar-refractivity contribution in [3.05, 3.63) is 23.9 Å². The van der Waals surface area contributed by atoms with E-state index in [1.165, 1.54) is 5.56 Å². The fourth-order valence-electron chi connectivity index (χ4n) is 1.50. The van der Waals surface area contributed by atoms with Crippen LogP contribution in [0, 0.1) is 0 Å². The number of aromatic nitrogens is 1. The predicted molar refractivity (Wildman–Crippen MR) is 79.0 cm³/mol. The summed E-state index contributed by atoms with van der Waals surface area (Å²) in [6.07, 6.45) is 4.26. The molecule has 0 saturated heterocycles. The molecule has 17 heavy (non-hydrogen) atoms. The van der Waals surface area contributed by atoms with Gasteiger partial charge in [-0.15, -0.1) is 0 Å². The first-order valence-corrected chi connectivity index (χ1v) is 7.19. The van der Waals surface area contributed by atoms with Crippen LogP contribution in [0.3, 0.4) is 0 Å². The molecular weight excluding hydrogens is 276 g/mol. The molecule has 1 heterocycles. The van der Waals surface area contributed by atoms with E-state index in [1.54, 1.807) is 0 Å². The van der Waals surface area contributed by atoms with E-state index in [9.17, 15) is 0 Å². The zero-order valence-corrected chi connectivity index (χ0v) is 12.8. The summed E-state index contributed by atoms with van der Waals surface area (Å²) in [6, 6.07) is 4.22. The SMILES string of the molecule is CCC(Br)CCNc1ccc(C(C)(C)C)cn1. The molecule has 0 saturated carbocycles. The molecule has 0 spiro atoms. The quantitative estimate of drug-likeness (QED) is 0.817. The van der Waals surface area contributed by atoms with Crippen LogP contribution in [-0.4, -0.2) is 16.4 Å². The largest absolute Gasteiger partial charge is 0.370 e. The van der Waals surface area contributed by atoms with Gasteiger partial charge in [0.05, 0.1) is 0 Å². The monoisotopic (exact) mass is 298 g/mol. The fourth-order valence-corrected chi connectivity index (χ4v) is 1.73. The minimum absolute atomic E-state index is 0.175. The van der Waals surface area contributed by atoms with Crippen molar-refractivity contribution in [3.63, 3.8) is 0 Å². The number of nitrogens with one attached hydrogen (secondary N) is 1. The van der Waals surface area contributed by atoms with Crippen molar-refractivity contribution < 1.29 is 0 Å². The highest BCUT2D eigenvalue weighted by Crippen LogP contribution is 2.21. The second-order valence-electron chi connectivity index (χ2n) is 5.40. The van der Waals surface area contributed by atoms with Gasteiger partial charge in [0, 0.05) is 17.6 Å². The van der Waals surface area contributed by atoms with Crippen LogP contribution in [-0.2, 0) is 5.41 Å². The standard InChI is InChI=1S/C14H23BrN2/c1-5-12(15)8-9-16-13-7-6-11(10-17-13)14(2,3)4/h6-7,10,12H,5,8-9H2,1-4H3,(H,16,17). The Kier molecular flexibility index (Phi) is 5.44. The van der Waals surface area contributed by atoms with Crippen LogP contribution < -0.4 is 5.32 Å². The van der Waals surface area contributed by atoms with Crippen LogP contribution in [0.5, 0.6) is 0 Å². The minimum atomic E-state index is 0.175. The van der Waals surface area contributed by atoms with Gasteiger partial charge >= 0.3 is 0 Å². The molecule has 0 amide bonds. The van der Waals surface area contributed by atoms with Gasteiger partial charge in [0.2, 0.25) is 0 Å². The number of nitrogens with zero attached hydrogens (tertiary/aromatic N) is 1. The molecule has 1 atom stereocenters. The number of alkyl halides is 1. The molecule has 1 aromatic heterocycles. The molecule has 0 fully saturated rings. The molecule has 96 valence electrons. The van der Waals surface area contributed by atoms with Crippen LogP contribution in [0.2, 0.25) is 0 Å². The highest BCUT2D eigenvalue weighted by atomic mass is 79.9. The van der Waals surface area contributed by atoms with Crippen molar-refractivity contribution in [3.8, 4) is 0 Å². The number of anilines is 1. The highest BCUT2D eigenvalue weighted by Gasteiger charge is 2.13. The lowest BCUT2D eigenvalue weighted by Gasteiger charge is -2.18. The van der Waals surface area contributed by atoms with Gasteiger partial charge in [0.25, 0.3) is 0 Å². The Hall–Kier alpha value is -0.570. The van der Waals surface area contributed by atoms with Crippen LogP contribution >= 0.6 is 15.9 Å². The molecule has 1 aromatic rings. The molecule has 1 N–H and O–H groups in total. The van der Waals surface area contributed by atoms with Gasteiger partial charge in [-0.1, -0.05) is 49.7 Å². The van der Waals surface area contributed by atoms with E-state index in [0.717, 1.165) is 25.2 Å². The van der Waals surface area contributed by atoms with Gasteiger partial charge < -0.3 is 5.32 Å². The van der Waals surface area contributed by atoms with E-state index in [1.807, 2.05) is 6.20 Å². The number of hydrogen-bond donors (Lipinski definition) is 1. The molecule has 3 heteroatoms. The molecule has 0 aliphatic carbocycles. The summed E-state index contributed by atoms with van der Waals surface area (Å²) in [5.74, 6) is 0.966. The van der Waals surface area contributed by atoms with Crippen molar-refractivity contribution in [1.82, 2.24) is 4.98 Å². The topological polar surface area (TPSA) is 24.9 Å². The minimum Gasteiger partial charge on any atom is -0.370 e. The van der Waals surface area contributed by atoms with E-state index in [0.29, 0.717) is 4.83 Å². The maximum atomic E-state index is 4.44. The second kappa shape index (κ2) is 6.39. The highest BCUT2D eigenvalue weighted by molar-refractivity contribution is 9.09. The summed E-state index contributed by atoms with van der Waals surface area (Å²) in [6.45, 7) is 9.76. The zero-order valence-electron chi connectivity index (χ0n) is 11.3. The Labute approximate surface area is 113 Å². The van der Waals surface area contributed by atoms with Gasteiger partial charge in [-0.2, -0.15) is 0 Å². The molecule has 0 aliphatic rings. The zero-order chi connectivity index (χ0) is 12.9. The van der Waals surface area contributed by atoms with E-state index in [-0.39, 0.29) is 5.41 Å². The predicted octanol–water partition coefficient (Wildman–Crippen LogP) is 4.35. The molecule has 1 rings (SSSR count). The summed E-state index contributed by atoms with van der Waals surface area (Å²) < 4.78 is 0. The summed E-state index contributed by atoms with van der Waals surface area (Å²) in [5.41, 5.74) is 1.45. The average Bonchev–Trinajstić information content (AvgIpc) is 2.28. The van der Waals surface area contributed by atoms with E-state index in [4.69, 9.17) is 0 Å². The lowest BCUT2D eigenvalue weighted by atomic mass is 9.88. The lowest BCUT2D eigenvalue weighted by Crippen LogP contribution is -2.12. The number of pyridine rings is 1. The van der Waals surface area contributed by atoms with Gasteiger partial charge in [0.1, 0.15) is 5.82 Å². The smallest absolute Gasteiger partial charge is 0.125 e. The Morgan fingerprint density at radius 2 is 2.06 bits per heavy atom. The first-order valence-electron chi connectivity index (χ1n) is 6.28. The van der Waals surface area contributed by atoms with Crippen LogP contribution in [0.15, 0.2) is 18.3 Å². The molecular formula is C14H23BrN2. The van der Waals surface area contributed by atoms with E-state index < -0.39 is 0 Å².